The Morgan fingerprint density at radius 1 is 1.47 bits per heavy atom. The monoisotopic (exact) mass is 278 g/mol. The Kier molecular flexibility index (Phi) is 4.37. The molecule has 1 aliphatic rings. The quantitative estimate of drug-likeness (QED) is 0.664. The van der Waals surface area contributed by atoms with Crippen molar-refractivity contribution in [1.29, 1.82) is 0 Å². The number of likely N-dealkylation sites (tertiary alicyclic amines) is 1. The number of carbonyl (C=O) groups is 1. The zero-order valence-electron chi connectivity index (χ0n) is 11.2. The fourth-order valence-corrected chi connectivity index (χ4v) is 2.62. The average Bonchev–Trinajstić information content (AvgIpc) is 2.90. The van der Waals surface area contributed by atoms with Gasteiger partial charge in [0, 0.05) is 12.2 Å². The van der Waals surface area contributed by atoms with Gasteiger partial charge in [-0.3, -0.25) is 0 Å². The summed E-state index contributed by atoms with van der Waals surface area (Å²) in [5.74, 6) is -0.216. The Labute approximate surface area is 118 Å². The molecule has 4 nitrogen and oxygen atoms in total. The van der Waals surface area contributed by atoms with Crippen molar-refractivity contribution >= 4 is 29.0 Å². The first kappa shape index (κ1) is 13.8. The summed E-state index contributed by atoms with van der Waals surface area (Å²) in [5.41, 5.74) is 2.10. The van der Waals surface area contributed by atoms with Crippen LogP contribution in [0.4, 0.5) is 5.69 Å². The van der Waals surface area contributed by atoms with E-state index in [2.05, 4.69) is 5.32 Å². The van der Waals surface area contributed by atoms with Crippen molar-refractivity contribution in [2.45, 2.75) is 25.8 Å². The molecule has 0 radical (unpaired) electrons. The van der Waals surface area contributed by atoms with Crippen LogP contribution in [0.3, 0.4) is 0 Å². The highest BCUT2D eigenvalue weighted by atomic mass is 32.1. The second-order valence-electron chi connectivity index (χ2n) is 4.62. The SMILES string of the molecule is COC(=O)C1CCCN1C(=S)Nc1ccccc1C. The molecule has 2 rings (SSSR count). The van der Waals surface area contributed by atoms with E-state index in [4.69, 9.17) is 17.0 Å². The molecule has 1 saturated heterocycles. The van der Waals surface area contributed by atoms with Crippen molar-refractivity contribution in [3.8, 4) is 0 Å². The van der Waals surface area contributed by atoms with Gasteiger partial charge in [-0.15, -0.1) is 0 Å². The van der Waals surface area contributed by atoms with Gasteiger partial charge in [0.25, 0.3) is 0 Å². The lowest BCUT2D eigenvalue weighted by atomic mass is 10.2. The highest BCUT2D eigenvalue weighted by Gasteiger charge is 2.33. The molecule has 0 aromatic heterocycles. The molecule has 102 valence electrons. The Morgan fingerprint density at radius 2 is 2.21 bits per heavy atom. The molecule has 1 heterocycles. The Hall–Kier alpha value is -1.62. The first-order valence-electron chi connectivity index (χ1n) is 6.34. The third kappa shape index (κ3) is 3.04. The van der Waals surface area contributed by atoms with E-state index in [-0.39, 0.29) is 12.0 Å². The van der Waals surface area contributed by atoms with E-state index in [0.717, 1.165) is 30.6 Å². The van der Waals surface area contributed by atoms with E-state index >= 15 is 0 Å². The molecule has 0 amide bonds. The number of hydrogen-bond donors (Lipinski definition) is 1. The van der Waals surface area contributed by atoms with E-state index in [9.17, 15) is 4.79 Å². The summed E-state index contributed by atoms with van der Waals surface area (Å²) in [4.78, 5) is 13.6. The van der Waals surface area contributed by atoms with Gasteiger partial charge in [-0.1, -0.05) is 18.2 Å². The van der Waals surface area contributed by atoms with Crippen LogP contribution in [0.5, 0.6) is 0 Å². The van der Waals surface area contributed by atoms with E-state index in [1.165, 1.54) is 7.11 Å². The van der Waals surface area contributed by atoms with Crippen molar-refractivity contribution in [3.05, 3.63) is 29.8 Å². The Morgan fingerprint density at radius 3 is 2.89 bits per heavy atom. The number of para-hydroxylation sites is 1. The topological polar surface area (TPSA) is 41.6 Å². The summed E-state index contributed by atoms with van der Waals surface area (Å²) >= 11 is 5.41. The number of methoxy groups -OCH3 is 1. The smallest absolute Gasteiger partial charge is 0.328 e. The molecule has 19 heavy (non-hydrogen) atoms. The maximum Gasteiger partial charge on any atom is 0.328 e. The van der Waals surface area contributed by atoms with Gasteiger partial charge in [0.05, 0.1) is 7.11 Å². The number of nitrogens with one attached hydrogen (secondary N) is 1. The van der Waals surface area contributed by atoms with Gasteiger partial charge >= 0.3 is 5.97 Å². The van der Waals surface area contributed by atoms with Crippen LogP contribution in [0.25, 0.3) is 0 Å². The molecule has 1 N–H and O–H groups in total. The summed E-state index contributed by atoms with van der Waals surface area (Å²) in [6.45, 7) is 2.81. The van der Waals surface area contributed by atoms with E-state index in [1.54, 1.807) is 0 Å². The summed E-state index contributed by atoms with van der Waals surface area (Å²) in [7, 11) is 1.41. The number of nitrogens with zero attached hydrogens (tertiary/aromatic N) is 1. The maximum absolute atomic E-state index is 11.7. The van der Waals surface area contributed by atoms with Gasteiger partial charge < -0.3 is 15.0 Å². The summed E-state index contributed by atoms with van der Waals surface area (Å²) in [6.07, 6.45) is 1.75. The van der Waals surface area contributed by atoms with Crippen LogP contribution >= 0.6 is 12.2 Å². The van der Waals surface area contributed by atoms with Crippen LogP contribution in [0.15, 0.2) is 24.3 Å². The first-order chi connectivity index (χ1) is 9.13. The van der Waals surface area contributed by atoms with Gasteiger partial charge in [-0.2, -0.15) is 0 Å². The van der Waals surface area contributed by atoms with Crippen LogP contribution in [0, 0.1) is 6.92 Å². The maximum atomic E-state index is 11.7. The van der Waals surface area contributed by atoms with Crippen molar-refractivity contribution in [3.63, 3.8) is 0 Å². The number of benzene rings is 1. The third-order valence-corrected chi connectivity index (χ3v) is 3.71. The number of carbonyl (C=O) groups excluding carboxylic acids is 1. The molecule has 0 saturated carbocycles. The lowest BCUT2D eigenvalue weighted by Gasteiger charge is -2.26. The second kappa shape index (κ2) is 6.02. The highest BCUT2D eigenvalue weighted by molar-refractivity contribution is 7.80. The number of hydrogen-bond acceptors (Lipinski definition) is 3. The van der Waals surface area contributed by atoms with E-state index in [1.807, 2.05) is 36.1 Å². The van der Waals surface area contributed by atoms with Crippen molar-refractivity contribution in [2.75, 3.05) is 19.0 Å². The zero-order chi connectivity index (χ0) is 13.8. The van der Waals surface area contributed by atoms with E-state index in [0.29, 0.717) is 5.11 Å². The van der Waals surface area contributed by atoms with Crippen LogP contribution in [0.1, 0.15) is 18.4 Å². The van der Waals surface area contributed by atoms with Crippen molar-refractivity contribution in [1.82, 2.24) is 4.90 Å². The standard InChI is InChI=1S/C14H18N2O2S/c1-10-6-3-4-7-11(10)15-14(19)16-9-5-8-12(16)13(17)18-2/h3-4,6-7,12H,5,8-9H2,1-2H3,(H,15,19). The minimum atomic E-state index is -0.256. The number of esters is 1. The number of aryl methyl sites for hydroxylation is 1. The number of ether oxygens (including phenoxy) is 1. The third-order valence-electron chi connectivity index (χ3n) is 3.37. The summed E-state index contributed by atoms with van der Waals surface area (Å²) < 4.78 is 4.82. The molecule has 1 unspecified atom stereocenters. The molecular formula is C14H18N2O2S. The lowest BCUT2D eigenvalue weighted by Crippen LogP contribution is -2.43. The van der Waals surface area contributed by atoms with Gasteiger partial charge in [0.2, 0.25) is 0 Å². The van der Waals surface area contributed by atoms with Gasteiger partial charge in [0.15, 0.2) is 5.11 Å². The van der Waals surface area contributed by atoms with Crippen LogP contribution in [-0.2, 0) is 9.53 Å². The van der Waals surface area contributed by atoms with Crippen LogP contribution < -0.4 is 5.32 Å². The molecule has 1 atom stereocenters. The summed E-state index contributed by atoms with van der Waals surface area (Å²) in [6, 6.07) is 7.68. The number of thiocarbonyl (C=S) groups is 1. The molecule has 0 spiro atoms. The first-order valence-corrected chi connectivity index (χ1v) is 6.75. The number of rotatable bonds is 2. The fourth-order valence-electron chi connectivity index (χ4n) is 2.29. The summed E-state index contributed by atoms with van der Waals surface area (Å²) in [5, 5.41) is 3.80. The second-order valence-corrected chi connectivity index (χ2v) is 5.01. The normalized spacial score (nSPS) is 18.2. The van der Waals surface area contributed by atoms with Crippen LogP contribution in [-0.4, -0.2) is 35.7 Å². The molecular weight excluding hydrogens is 260 g/mol. The Bertz CT molecular complexity index is 490. The molecule has 1 fully saturated rings. The van der Waals surface area contributed by atoms with E-state index < -0.39 is 0 Å². The number of anilines is 1. The van der Waals surface area contributed by atoms with Gasteiger partial charge in [-0.05, 0) is 43.6 Å². The molecule has 0 aliphatic carbocycles. The lowest BCUT2D eigenvalue weighted by molar-refractivity contribution is -0.144. The molecule has 1 aromatic carbocycles. The fraction of sp³-hybridized carbons (Fsp3) is 0.429. The predicted octanol–water partition coefficient (Wildman–Crippen LogP) is 2.33. The van der Waals surface area contributed by atoms with Crippen LogP contribution in [0.2, 0.25) is 0 Å². The minimum Gasteiger partial charge on any atom is -0.467 e. The average molecular weight is 278 g/mol. The minimum absolute atomic E-state index is 0.216. The molecule has 5 heteroatoms. The zero-order valence-corrected chi connectivity index (χ0v) is 12.0. The molecule has 1 aromatic rings. The highest BCUT2D eigenvalue weighted by Crippen LogP contribution is 2.21. The van der Waals surface area contributed by atoms with Crippen molar-refractivity contribution < 1.29 is 9.53 Å². The van der Waals surface area contributed by atoms with Gasteiger partial charge in [0.1, 0.15) is 6.04 Å². The predicted molar refractivity (Wildman–Crippen MR) is 79.1 cm³/mol. The van der Waals surface area contributed by atoms with Gasteiger partial charge in [-0.25, -0.2) is 4.79 Å². The molecule has 0 bridgehead atoms. The Balaban J connectivity index is 2.07. The largest absolute Gasteiger partial charge is 0.467 e. The molecule has 1 aliphatic heterocycles. The van der Waals surface area contributed by atoms with Crippen molar-refractivity contribution in [2.24, 2.45) is 0 Å².